The highest BCUT2D eigenvalue weighted by molar-refractivity contribution is 8.00. The molecule has 2 aliphatic rings. The van der Waals surface area contributed by atoms with Crippen LogP contribution in [0.1, 0.15) is 59.8 Å². The van der Waals surface area contributed by atoms with Gasteiger partial charge in [-0.15, -0.1) is 0 Å². The summed E-state index contributed by atoms with van der Waals surface area (Å²) in [6.45, 7) is 11.7. The molecule has 118 valence electrons. The van der Waals surface area contributed by atoms with Gasteiger partial charge in [-0.1, -0.05) is 33.6 Å². The molecule has 1 saturated carbocycles. The fraction of sp³-hybridized carbons (Fsp3) is 1.00. The molecular weight excluding hydrogens is 264 g/mol. The summed E-state index contributed by atoms with van der Waals surface area (Å²) in [5.74, 6) is 3.02. The molecule has 20 heavy (non-hydrogen) atoms. The molecule has 0 aromatic carbocycles. The van der Waals surface area contributed by atoms with E-state index in [4.69, 9.17) is 5.73 Å². The van der Waals surface area contributed by atoms with Gasteiger partial charge in [-0.3, -0.25) is 4.90 Å². The summed E-state index contributed by atoms with van der Waals surface area (Å²) in [7, 11) is 0. The van der Waals surface area contributed by atoms with Crippen LogP contribution in [0.25, 0.3) is 0 Å². The molecule has 2 rings (SSSR count). The lowest BCUT2D eigenvalue weighted by Gasteiger charge is -2.50. The van der Waals surface area contributed by atoms with Crippen LogP contribution in [0.15, 0.2) is 0 Å². The number of nitrogens with two attached hydrogens (primary N) is 1. The number of thioether (sulfide) groups is 1. The quantitative estimate of drug-likeness (QED) is 0.805. The number of rotatable bonds is 3. The Labute approximate surface area is 130 Å². The summed E-state index contributed by atoms with van der Waals surface area (Å²) in [5.41, 5.74) is 6.61. The van der Waals surface area contributed by atoms with Crippen molar-refractivity contribution in [3.8, 4) is 0 Å². The van der Waals surface area contributed by atoms with Gasteiger partial charge in [-0.2, -0.15) is 11.8 Å². The van der Waals surface area contributed by atoms with Crippen molar-refractivity contribution in [3.63, 3.8) is 0 Å². The summed E-state index contributed by atoms with van der Waals surface area (Å²) >= 11 is 2.13. The van der Waals surface area contributed by atoms with E-state index in [9.17, 15) is 0 Å². The van der Waals surface area contributed by atoms with Crippen LogP contribution in [-0.4, -0.2) is 40.6 Å². The Morgan fingerprint density at radius 3 is 2.65 bits per heavy atom. The fourth-order valence-electron chi connectivity index (χ4n) is 4.29. The maximum atomic E-state index is 6.32. The van der Waals surface area contributed by atoms with Crippen LogP contribution >= 0.6 is 11.8 Å². The monoisotopic (exact) mass is 298 g/mol. The van der Waals surface area contributed by atoms with E-state index in [1.165, 1.54) is 44.4 Å². The summed E-state index contributed by atoms with van der Waals surface area (Å²) in [5, 5.41) is 0.747. The van der Waals surface area contributed by atoms with Crippen LogP contribution in [0.4, 0.5) is 0 Å². The highest BCUT2D eigenvalue weighted by Gasteiger charge is 2.42. The van der Waals surface area contributed by atoms with Crippen molar-refractivity contribution >= 4 is 11.8 Å². The molecule has 1 saturated heterocycles. The maximum absolute atomic E-state index is 6.32. The molecule has 2 nitrogen and oxygen atoms in total. The molecule has 1 heterocycles. The van der Waals surface area contributed by atoms with Gasteiger partial charge in [0.05, 0.1) is 0 Å². The van der Waals surface area contributed by atoms with Crippen molar-refractivity contribution in [3.05, 3.63) is 0 Å². The topological polar surface area (TPSA) is 29.3 Å². The fourth-order valence-corrected chi connectivity index (χ4v) is 5.39. The average molecular weight is 299 g/mol. The third kappa shape index (κ3) is 3.36. The van der Waals surface area contributed by atoms with Crippen LogP contribution in [0.5, 0.6) is 0 Å². The van der Waals surface area contributed by atoms with Crippen LogP contribution in [0, 0.1) is 11.8 Å². The second kappa shape index (κ2) is 7.02. The van der Waals surface area contributed by atoms with Gasteiger partial charge in [0.15, 0.2) is 0 Å². The summed E-state index contributed by atoms with van der Waals surface area (Å²) in [4.78, 5) is 2.79. The van der Waals surface area contributed by atoms with Crippen molar-refractivity contribution in [2.45, 2.75) is 76.6 Å². The first-order valence-corrected chi connectivity index (χ1v) is 9.63. The number of hydrogen-bond acceptors (Lipinski definition) is 3. The largest absolute Gasteiger partial charge is 0.329 e. The van der Waals surface area contributed by atoms with Crippen LogP contribution in [-0.2, 0) is 0 Å². The first-order valence-electron chi connectivity index (χ1n) is 8.58. The van der Waals surface area contributed by atoms with Crippen molar-refractivity contribution in [1.29, 1.82) is 0 Å². The normalized spacial score (nSPS) is 40.8. The van der Waals surface area contributed by atoms with E-state index in [0.717, 1.165) is 23.6 Å². The average Bonchev–Trinajstić information content (AvgIpc) is 2.65. The second-order valence-electron chi connectivity index (χ2n) is 7.37. The highest BCUT2D eigenvalue weighted by atomic mass is 32.2. The van der Waals surface area contributed by atoms with E-state index in [1.54, 1.807) is 0 Å². The third-order valence-corrected chi connectivity index (χ3v) is 7.35. The van der Waals surface area contributed by atoms with E-state index < -0.39 is 0 Å². The zero-order valence-electron chi connectivity index (χ0n) is 13.9. The first-order chi connectivity index (χ1) is 9.50. The van der Waals surface area contributed by atoms with Crippen molar-refractivity contribution in [2.24, 2.45) is 17.6 Å². The minimum atomic E-state index is 0.290. The molecule has 0 radical (unpaired) electrons. The predicted octanol–water partition coefficient (Wildman–Crippen LogP) is 3.75. The van der Waals surface area contributed by atoms with Gasteiger partial charge >= 0.3 is 0 Å². The molecule has 0 aromatic rings. The van der Waals surface area contributed by atoms with Crippen LogP contribution < -0.4 is 5.73 Å². The lowest BCUT2D eigenvalue weighted by Crippen LogP contribution is -2.61. The second-order valence-corrected chi connectivity index (χ2v) is 8.86. The van der Waals surface area contributed by atoms with Gasteiger partial charge in [-0.25, -0.2) is 0 Å². The van der Waals surface area contributed by atoms with Gasteiger partial charge < -0.3 is 5.73 Å². The molecule has 0 spiro atoms. The van der Waals surface area contributed by atoms with Gasteiger partial charge in [0.25, 0.3) is 0 Å². The molecule has 0 bridgehead atoms. The van der Waals surface area contributed by atoms with Gasteiger partial charge in [0, 0.05) is 35.7 Å². The molecule has 2 fully saturated rings. The lowest BCUT2D eigenvalue weighted by molar-refractivity contribution is 0.0429. The molecule has 0 aromatic heterocycles. The third-order valence-electron chi connectivity index (χ3n) is 6.01. The van der Waals surface area contributed by atoms with Gasteiger partial charge in [0.1, 0.15) is 0 Å². The molecular formula is C17H34N2S. The molecule has 1 aliphatic carbocycles. The van der Waals surface area contributed by atoms with E-state index in [-0.39, 0.29) is 5.54 Å². The molecule has 4 atom stereocenters. The zero-order valence-corrected chi connectivity index (χ0v) is 14.7. The number of hydrogen-bond donors (Lipinski definition) is 1. The standard InChI is InChI=1S/C17H34N2S/c1-13(2)16-6-5-8-17(12-18,9-7-16)19-10-11-20-15(4)14(19)3/h13-16H,5-12,18H2,1-4H3. The van der Waals surface area contributed by atoms with Crippen LogP contribution in [0.3, 0.4) is 0 Å². The summed E-state index contributed by atoms with van der Waals surface area (Å²) in [6.07, 6.45) is 6.78. The SMILES string of the molecule is CC(C)C1CCCC(CN)(N2CCSC(C)C2C)CC1. The minimum absolute atomic E-state index is 0.290. The van der Waals surface area contributed by atoms with E-state index >= 15 is 0 Å². The summed E-state index contributed by atoms with van der Waals surface area (Å²) < 4.78 is 0. The van der Waals surface area contributed by atoms with Gasteiger partial charge in [0.2, 0.25) is 0 Å². The van der Waals surface area contributed by atoms with Crippen molar-refractivity contribution in [1.82, 2.24) is 4.90 Å². The predicted molar refractivity (Wildman–Crippen MR) is 91.3 cm³/mol. The Kier molecular flexibility index (Phi) is 5.84. The Morgan fingerprint density at radius 2 is 2.00 bits per heavy atom. The van der Waals surface area contributed by atoms with E-state index in [1.807, 2.05) is 0 Å². The zero-order chi connectivity index (χ0) is 14.8. The summed E-state index contributed by atoms with van der Waals surface area (Å²) in [6, 6.07) is 0.674. The lowest BCUT2D eigenvalue weighted by atomic mass is 9.84. The Morgan fingerprint density at radius 1 is 1.25 bits per heavy atom. The van der Waals surface area contributed by atoms with Crippen molar-refractivity contribution in [2.75, 3.05) is 18.8 Å². The van der Waals surface area contributed by atoms with Crippen LogP contribution in [0.2, 0.25) is 0 Å². The van der Waals surface area contributed by atoms with E-state index in [0.29, 0.717) is 6.04 Å². The van der Waals surface area contributed by atoms with E-state index in [2.05, 4.69) is 44.4 Å². The highest BCUT2D eigenvalue weighted by Crippen LogP contribution is 2.40. The smallest absolute Gasteiger partial charge is 0.0335 e. The Hall–Kier alpha value is 0.270. The molecule has 0 amide bonds. The Balaban J connectivity index is 2.12. The minimum Gasteiger partial charge on any atom is -0.329 e. The first kappa shape index (κ1) is 16.6. The number of nitrogens with zero attached hydrogens (tertiary/aromatic N) is 1. The molecule has 4 unspecified atom stereocenters. The Bertz CT molecular complexity index is 307. The van der Waals surface area contributed by atoms with Gasteiger partial charge in [-0.05, 0) is 38.0 Å². The maximum Gasteiger partial charge on any atom is 0.0335 e. The van der Waals surface area contributed by atoms with Crippen molar-refractivity contribution < 1.29 is 0 Å². The molecule has 3 heteroatoms. The molecule has 1 aliphatic heterocycles. The molecule has 2 N–H and O–H groups in total.